The fraction of sp³-hybridized carbons (Fsp3) is 0.414. The molecule has 0 unspecified atom stereocenters. The average molecular weight is 613 g/mol. The molecule has 3 aromatic rings. The molecule has 0 saturated carbocycles. The van der Waals surface area contributed by atoms with Crippen LogP contribution in [0.2, 0.25) is 0 Å². The second-order valence-electron chi connectivity index (χ2n) is 10.4. The fourth-order valence-electron chi connectivity index (χ4n) is 3.89. The summed E-state index contributed by atoms with van der Waals surface area (Å²) in [4.78, 5) is 45.1. The zero-order chi connectivity index (χ0) is 30.4. The molecule has 0 bridgehead atoms. The van der Waals surface area contributed by atoms with Crippen molar-refractivity contribution in [1.29, 1.82) is 0 Å². The molecule has 0 aliphatic carbocycles. The van der Waals surface area contributed by atoms with Crippen LogP contribution in [0.3, 0.4) is 0 Å². The van der Waals surface area contributed by atoms with Crippen LogP contribution in [0, 0.1) is 0 Å². The van der Waals surface area contributed by atoms with Crippen molar-refractivity contribution in [2.24, 2.45) is 5.11 Å². The first-order chi connectivity index (χ1) is 20.1. The number of ether oxygens (including phenoxy) is 2. The summed E-state index contributed by atoms with van der Waals surface area (Å²) in [5, 5.41) is 12.9. The molecule has 2 N–H and O–H groups in total. The molecule has 0 fully saturated rings. The maximum atomic E-state index is 13.8. The molecular formula is C29H36N6O5S2. The van der Waals surface area contributed by atoms with Gasteiger partial charge in [-0.3, -0.25) is 4.79 Å². The van der Waals surface area contributed by atoms with Crippen molar-refractivity contribution < 1.29 is 23.9 Å². The molecule has 3 amide bonds. The number of nitrogens with one attached hydrogen (secondary N) is 2. The lowest BCUT2D eigenvalue weighted by atomic mass is 10.1. The van der Waals surface area contributed by atoms with Gasteiger partial charge in [0.1, 0.15) is 11.6 Å². The molecule has 2 heterocycles. The lowest BCUT2D eigenvalue weighted by Crippen LogP contribution is -2.49. The van der Waals surface area contributed by atoms with E-state index < -0.39 is 23.8 Å². The van der Waals surface area contributed by atoms with E-state index in [0.29, 0.717) is 38.0 Å². The van der Waals surface area contributed by atoms with Crippen molar-refractivity contribution in [2.75, 3.05) is 6.61 Å². The van der Waals surface area contributed by atoms with E-state index >= 15 is 0 Å². The van der Waals surface area contributed by atoms with Gasteiger partial charge in [-0.05, 0) is 74.0 Å². The smallest absolute Gasteiger partial charge is 0.408 e. The summed E-state index contributed by atoms with van der Waals surface area (Å²) in [5.41, 5.74) is 9.09. The minimum Gasteiger partial charge on any atom is -0.450 e. The lowest BCUT2D eigenvalue weighted by molar-refractivity contribution is -0.135. The Morgan fingerprint density at radius 2 is 1.62 bits per heavy atom. The van der Waals surface area contributed by atoms with Crippen LogP contribution < -0.4 is 10.6 Å². The third kappa shape index (κ3) is 11.8. The Balaban J connectivity index is 1.54. The number of benzene rings is 1. The van der Waals surface area contributed by atoms with Gasteiger partial charge in [0, 0.05) is 26.9 Å². The Morgan fingerprint density at radius 1 is 0.976 bits per heavy atom. The van der Waals surface area contributed by atoms with Crippen molar-refractivity contribution in [2.45, 2.75) is 71.3 Å². The normalized spacial score (nSPS) is 11.6. The summed E-state index contributed by atoms with van der Waals surface area (Å²) in [5.74, 6) is -0.201. The van der Waals surface area contributed by atoms with Crippen LogP contribution in [0.5, 0.6) is 0 Å². The summed E-state index contributed by atoms with van der Waals surface area (Å²) in [6, 6.07) is 13.9. The number of rotatable bonds is 14. The van der Waals surface area contributed by atoms with Gasteiger partial charge in [-0.2, -0.15) is 0 Å². The Morgan fingerprint density at radius 3 is 2.17 bits per heavy atom. The van der Waals surface area contributed by atoms with Crippen molar-refractivity contribution in [3.05, 3.63) is 85.1 Å². The van der Waals surface area contributed by atoms with E-state index in [2.05, 4.69) is 20.7 Å². The third-order valence-corrected chi connectivity index (χ3v) is 7.53. The third-order valence-electron chi connectivity index (χ3n) is 5.81. The number of thiophene rings is 2. The fourth-order valence-corrected chi connectivity index (χ4v) is 5.33. The lowest BCUT2D eigenvalue weighted by Gasteiger charge is -2.28. The molecule has 0 aliphatic rings. The van der Waals surface area contributed by atoms with Crippen molar-refractivity contribution >= 4 is 46.5 Å². The molecule has 3 rings (SSSR count). The van der Waals surface area contributed by atoms with Gasteiger partial charge in [-0.1, -0.05) is 41.5 Å². The van der Waals surface area contributed by atoms with Crippen LogP contribution in [0.15, 0.2) is 64.4 Å². The number of carbonyl (C=O) groups excluding carboxylic acids is 3. The van der Waals surface area contributed by atoms with Crippen molar-refractivity contribution in [3.63, 3.8) is 0 Å². The molecule has 13 heteroatoms. The molecule has 42 heavy (non-hydrogen) atoms. The maximum Gasteiger partial charge on any atom is 0.408 e. The largest absolute Gasteiger partial charge is 0.450 e. The van der Waals surface area contributed by atoms with E-state index in [4.69, 9.17) is 15.0 Å². The van der Waals surface area contributed by atoms with Gasteiger partial charge in [0.25, 0.3) is 0 Å². The summed E-state index contributed by atoms with van der Waals surface area (Å²) in [6.45, 7) is 6.58. The number of carbonyl (C=O) groups is 3. The first-order valence-corrected chi connectivity index (χ1v) is 15.3. The van der Waals surface area contributed by atoms with Crippen molar-refractivity contribution in [1.82, 2.24) is 15.5 Å². The number of nitrogens with zero attached hydrogens (tertiary/aromatic N) is 4. The minimum atomic E-state index is -0.804. The van der Waals surface area contributed by atoms with E-state index in [1.54, 1.807) is 72.6 Å². The maximum absolute atomic E-state index is 13.8. The van der Waals surface area contributed by atoms with Crippen LogP contribution in [-0.4, -0.2) is 41.2 Å². The Hall–Kier alpha value is -4.06. The highest BCUT2D eigenvalue weighted by atomic mass is 32.1. The standard InChI is InChI=1S/C29H36N6O5S2/c1-29(2,3)40-28(38)32-25(26(36)35(19-23-8-6-16-41-23)20-24-9-7-17-42-24)10-4-5-15-39-27(37)31-18-21-11-13-22(14-12-21)33-34-30/h6-9,11-14,16-17,25H,4-5,10,15,18-20H2,1-3H3,(H,31,37)(H,32,38)/t25-/m0/s1. The van der Waals surface area contributed by atoms with E-state index in [1.807, 2.05) is 35.0 Å². The predicted molar refractivity (Wildman–Crippen MR) is 163 cm³/mol. The van der Waals surface area contributed by atoms with E-state index in [0.717, 1.165) is 15.3 Å². The average Bonchev–Trinajstić information content (AvgIpc) is 3.65. The van der Waals surface area contributed by atoms with Gasteiger partial charge in [-0.15, -0.1) is 22.7 Å². The van der Waals surface area contributed by atoms with E-state index in [-0.39, 0.29) is 19.1 Å². The summed E-state index contributed by atoms with van der Waals surface area (Å²) >= 11 is 3.15. The van der Waals surface area contributed by atoms with Crippen LogP contribution in [0.1, 0.15) is 55.4 Å². The van der Waals surface area contributed by atoms with E-state index in [9.17, 15) is 14.4 Å². The molecule has 0 spiro atoms. The van der Waals surface area contributed by atoms with Gasteiger partial charge < -0.3 is 25.0 Å². The van der Waals surface area contributed by atoms with Gasteiger partial charge in [-0.25, -0.2) is 9.59 Å². The van der Waals surface area contributed by atoms with Crippen LogP contribution in [0.4, 0.5) is 15.3 Å². The molecule has 1 aromatic carbocycles. The summed E-state index contributed by atoms with van der Waals surface area (Å²) in [7, 11) is 0. The molecular weight excluding hydrogens is 576 g/mol. The van der Waals surface area contributed by atoms with Gasteiger partial charge in [0.2, 0.25) is 5.91 Å². The Kier molecular flexibility index (Phi) is 12.7. The van der Waals surface area contributed by atoms with Crippen LogP contribution in [-0.2, 0) is 33.9 Å². The van der Waals surface area contributed by atoms with Crippen LogP contribution in [0.25, 0.3) is 10.4 Å². The van der Waals surface area contributed by atoms with E-state index in [1.165, 1.54) is 0 Å². The summed E-state index contributed by atoms with van der Waals surface area (Å²) in [6.07, 6.45) is 0.171. The monoisotopic (exact) mass is 612 g/mol. The first kappa shape index (κ1) is 32.5. The summed E-state index contributed by atoms with van der Waals surface area (Å²) < 4.78 is 10.7. The molecule has 224 valence electrons. The molecule has 0 radical (unpaired) electrons. The highest BCUT2D eigenvalue weighted by molar-refractivity contribution is 7.10. The SMILES string of the molecule is CC(C)(C)OC(=O)N[C@@H](CCCCOC(=O)NCc1ccc(N=[N+]=[N-])cc1)C(=O)N(Cc1cccs1)Cc1cccs1. The second kappa shape index (κ2) is 16.4. The minimum absolute atomic E-state index is 0.156. The van der Waals surface area contributed by atoms with Crippen molar-refractivity contribution in [3.8, 4) is 0 Å². The predicted octanol–water partition coefficient (Wildman–Crippen LogP) is 7.27. The highest BCUT2D eigenvalue weighted by Crippen LogP contribution is 2.20. The van der Waals surface area contributed by atoms with Gasteiger partial charge in [0.15, 0.2) is 0 Å². The molecule has 1 atom stereocenters. The number of unbranched alkanes of at least 4 members (excludes halogenated alkanes) is 1. The number of amides is 3. The number of azide groups is 1. The zero-order valence-electron chi connectivity index (χ0n) is 23.9. The Labute approximate surface area is 253 Å². The van der Waals surface area contributed by atoms with Gasteiger partial charge >= 0.3 is 12.2 Å². The quantitative estimate of drug-likeness (QED) is 0.0851. The molecule has 0 saturated heterocycles. The second-order valence-corrected chi connectivity index (χ2v) is 12.5. The van der Waals surface area contributed by atoms with Gasteiger partial charge in [0.05, 0.1) is 19.7 Å². The zero-order valence-corrected chi connectivity index (χ0v) is 25.6. The Bertz CT molecular complexity index is 1280. The number of alkyl carbamates (subject to hydrolysis) is 2. The van der Waals surface area contributed by atoms with Crippen LogP contribution >= 0.6 is 22.7 Å². The topological polar surface area (TPSA) is 146 Å². The number of hydrogen-bond acceptors (Lipinski definition) is 8. The molecule has 11 nitrogen and oxygen atoms in total. The highest BCUT2D eigenvalue weighted by Gasteiger charge is 2.28. The number of hydrogen-bond donors (Lipinski definition) is 2. The molecule has 2 aromatic heterocycles. The molecule has 0 aliphatic heterocycles. The first-order valence-electron chi connectivity index (χ1n) is 13.5.